The topological polar surface area (TPSA) is 98.5 Å². The number of primary sulfonamides is 1. The first-order valence-electron chi connectivity index (χ1n) is 7.51. The van der Waals surface area contributed by atoms with Gasteiger partial charge in [-0.15, -0.1) is 0 Å². The maximum atomic E-state index is 12.5. The van der Waals surface area contributed by atoms with E-state index in [1.165, 1.54) is 24.3 Å². The van der Waals surface area contributed by atoms with Crippen molar-refractivity contribution in [2.24, 2.45) is 5.14 Å². The van der Waals surface area contributed by atoms with Gasteiger partial charge in [-0.25, -0.2) is 13.6 Å². The van der Waals surface area contributed by atoms with E-state index in [4.69, 9.17) is 9.88 Å². The van der Waals surface area contributed by atoms with Crippen LogP contribution in [0.1, 0.15) is 30.6 Å². The Morgan fingerprint density at radius 2 is 1.79 bits per heavy atom. The molecule has 0 radical (unpaired) electrons. The van der Waals surface area contributed by atoms with Crippen molar-refractivity contribution in [1.29, 1.82) is 0 Å². The number of sulfonamides is 1. The molecule has 0 aliphatic carbocycles. The molecule has 2 aromatic carbocycles. The highest BCUT2D eigenvalue weighted by Crippen LogP contribution is 2.22. The highest BCUT2D eigenvalue weighted by atomic mass is 32.2. The number of ether oxygens (including phenoxy) is 1. The summed E-state index contributed by atoms with van der Waals surface area (Å²) >= 11 is 0. The normalized spacial score (nSPS) is 12.5. The summed E-state index contributed by atoms with van der Waals surface area (Å²) in [7, 11) is -3.76. The van der Waals surface area contributed by atoms with Crippen LogP contribution in [-0.2, 0) is 10.0 Å². The van der Waals surface area contributed by atoms with Gasteiger partial charge in [0.25, 0.3) is 5.91 Å². The van der Waals surface area contributed by atoms with Crippen LogP contribution in [0, 0.1) is 0 Å². The van der Waals surface area contributed by atoms with E-state index in [1.807, 2.05) is 13.8 Å². The first kappa shape index (κ1) is 18.0. The second kappa shape index (κ2) is 7.46. The van der Waals surface area contributed by atoms with Crippen molar-refractivity contribution >= 4 is 21.6 Å². The highest BCUT2D eigenvalue weighted by molar-refractivity contribution is 7.89. The van der Waals surface area contributed by atoms with E-state index < -0.39 is 10.0 Å². The molecule has 6 nitrogen and oxygen atoms in total. The van der Waals surface area contributed by atoms with E-state index in [1.54, 1.807) is 24.3 Å². The van der Waals surface area contributed by atoms with E-state index in [0.717, 1.165) is 6.42 Å². The van der Waals surface area contributed by atoms with Crippen LogP contribution in [0.3, 0.4) is 0 Å². The van der Waals surface area contributed by atoms with Crippen LogP contribution in [0.2, 0.25) is 0 Å². The molecule has 0 fully saturated rings. The Hall–Kier alpha value is -2.38. The average molecular weight is 348 g/mol. The molecule has 3 N–H and O–H groups in total. The van der Waals surface area contributed by atoms with Crippen LogP contribution in [0.4, 0.5) is 5.69 Å². The molecule has 0 aliphatic heterocycles. The van der Waals surface area contributed by atoms with Crippen molar-refractivity contribution < 1.29 is 17.9 Å². The molecule has 0 saturated carbocycles. The van der Waals surface area contributed by atoms with Crippen LogP contribution < -0.4 is 15.2 Å². The smallest absolute Gasteiger partial charge is 0.259 e. The molecular weight excluding hydrogens is 328 g/mol. The molecule has 1 atom stereocenters. The van der Waals surface area contributed by atoms with E-state index in [0.29, 0.717) is 17.0 Å². The summed E-state index contributed by atoms with van der Waals surface area (Å²) < 4.78 is 28.2. The molecule has 7 heteroatoms. The highest BCUT2D eigenvalue weighted by Gasteiger charge is 2.14. The largest absolute Gasteiger partial charge is 0.490 e. The number of hydrogen-bond acceptors (Lipinski definition) is 4. The van der Waals surface area contributed by atoms with Crippen molar-refractivity contribution in [1.82, 2.24) is 0 Å². The molecule has 0 saturated heterocycles. The number of rotatable bonds is 6. The fraction of sp³-hybridized carbons (Fsp3) is 0.235. The molecule has 1 amide bonds. The van der Waals surface area contributed by atoms with Crippen LogP contribution in [0.5, 0.6) is 5.75 Å². The van der Waals surface area contributed by atoms with Crippen LogP contribution >= 0.6 is 0 Å². The summed E-state index contributed by atoms with van der Waals surface area (Å²) in [6, 6.07) is 12.6. The van der Waals surface area contributed by atoms with Crippen molar-refractivity contribution in [2.45, 2.75) is 31.3 Å². The Morgan fingerprint density at radius 3 is 2.38 bits per heavy atom. The zero-order chi connectivity index (χ0) is 17.7. The second-order valence-corrected chi connectivity index (χ2v) is 6.92. The maximum absolute atomic E-state index is 12.5. The Morgan fingerprint density at radius 1 is 1.17 bits per heavy atom. The van der Waals surface area contributed by atoms with Gasteiger partial charge in [0.05, 0.1) is 16.6 Å². The van der Waals surface area contributed by atoms with E-state index in [-0.39, 0.29) is 16.9 Å². The van der Waals surface area contributed by atoms with Crippen LogP contribution in [-0.4, -0.2) is 20.4 Å². The van der Waals surface area contributed by atoms with Crippen molar-refractivity contribution in [3.8, 4) is 5.75 Å². The van der Waals surface area contributed by atoms with Gasteiger partial charge in [0, 0.05) is 5.69 Å². The van der Waals surface area contributed by atoms with E-state index in [2.05, 4.69) is 5.32 Å². The van der Waals surface area contributed by atoms with Gasteiger partial charge in [-0.1, -0.05) is 19.1 Å². The Bertz CT molecular complexity index is 817. The lowest BCUT2D eigenvalue weighted by molar-refractivity contribution is 0.102. The molecule has 0 aromatic heterocycles. The third-order valence-corrected chi connectivity index (χ3v) is 4.40. The Kier molecular flexibility index (Phi) is 5.58. The summed E-state index contributed by atoms with van der Waals surface area (Å²) in [5, 5.41) is 7.76. The molecule has 2 aromatic rings. The number of carbonyl (C=O) groups excluding carboxylic acids is 1. The van der Waals surface area contributed by atoms with Gasteiger partial charge < -0.3 is 10.1 Å². The third kappa shape index (κ3) is 4.56. The van der Waals surface area contributed by atoms with Gasteiger partial charge in [-0.2, -0.15) is 0 Å². The fourth-order valence-electron chi connectivity index (χ4n) is 1.98. The minimum atomic E-state index is -3.76. The molecule has 0 unspecified atom stereocenters. The number of nitrogens with two attached hydrogens (primary N) is 1. The van der Waals surface area contributed by atoms with Crippen molar-refractivity contribution in [3.63, 3.8) is 0 Å². The SMILES string of the molecule is CC[C@@H](C)Oc1ccccc1C(=O)Nc1ccc(S(N)(=O)=O)cc1. The minimum Gasteiger partial charge on any atom is -0.490 e. The molecule has 0 bridgehead atoms. The standard InChI is InChI=1S/C17H20N2O4S/c1-3-12(2)23-16-7-5-4-6-15(16)17(20)19-13-8-10-14(11-9-13)24(18,21)22/h4-12H,3H2,1-2H3,(H,19,20)(H2,18,21,22)/t12-/m1/s1. The summed E-state index contributed by atoms with van der Waals surface area (Å²) in [6.07, 6.45) is 0.818. The van der Waals surface area contributed by atoms with Gasteiger partial charge in [0.1, 0.15) is 5.75 Å². The van der Waals surface area contributed by atoms with Crippen molar-refractivity contribution in [2.75, 3.05) is 5.32 Å². The van der Waals surface area contributed by atoms with E-state index >= 15 is 0 Å². The minimum absolute atomic E-state index is 0.00649. The monoisotopic (exact) mass is 348 g/mol. The maximum Gasteiger partial charge on any atom is 0.259 e. The Labute approximate surface area is 141 Å². The first-order valence-corrected chi connectivity index (χ1v) is 9.05. The predicted octanol–water partition coefficient (Wildman–Crippen LogP) is 2.76. The van der Waals surface area contributed by atoms with Gasteiger partial charge in [-0.3, -0.25) is 4.79 Å². The zero-order valence-electron chi connectivity index (χ0n) is 13.5. The number of para-hydroxylation sites is 1. The summed E-state index contributed by atoms with van der Waals surface area (Å²) in [6.45, 7) is 3.93. The Balaban J connectivity index is 2.18. The zero-order valence-corrected chi connectivity index (χ0v) is 14.3. The predicted molar refractivity (Wildman–Crippen MR) is 92.6 cm³/mol. The molecule has 24 heavy (non-hydrogen) atoms. The molecule has 128 valence electrons. The molecular formula is C17H20N2O4S. The number of nitrogens with one attached hydrogen (secondary N) is 1. The number of hydrogen-bond donors (Lipinski definition) is 2. The summed E-state index contributed by atoms with van der Waals surface area (Å²) in [5.74, 6) is 0.169. The lowest BCUT2D eigenvalue weighted by Gasteiger charge is -2.16. The van der Waals surface area contributed by atoms with Crippen LogP contribution in [0.15, 0.2) is 53.4 Å². The molecule has 0 spiro atoms. The second-order valence-electron chi connectivity index (χ2n) is 5.36. The average Bonchev–Trinajstić information content (AvgIpc) is 2.54. The lowest BCUT2D eigenvalue weighted by atomic mass is 10.1. The number of carbonyl (C=O) groups is 1. The van der Waals surface area contributed by atoms with E-state index in [9.17, 15) is 13.2 Å². The van der Waals surface area contributed by atoms with Gasteiger partial charge in [-0.05, 0) is 49.7 Å². The van der Waals surface area contributed by atoms with Gasteiger partial charge in [0.2, 0.25) is 10.0 Å². The first-order chi connectivity index (χ1) is 11.3. The number of anilines is 1. The third-order valence-electron chi connectivity index (χ3n) is 3.48. The lowest BCUT2D eigenvalue weighted by Crippen LogP contribution is -2.17. The number of benzene rings is 2. The quantitative estimate of drug-likeness (QED) is 0.838. The number of amides is 1. The van der Waals surface area contributed by atoms with Crippen molar-refractivity contribution in [3.05, 3.63) is 54.1 Å². The fourth-order valence-corrected chi connectivity index (χ4v) is 2.50. The summed E-state index contributed by atoms with van der Waals surface area (Å²) in [5.41, 5.74) is 0.874. The molecule has 2 rings (SSSR count). The van der Waals surface area contributed by atoms with Crippen LogP contribution in [0.25, 0.3) is 0 Å². The summed E-state index contributed by atoms with van der Waals surface area (Å²) in [4.78, 5) is 12.4. The van der Waals surface area contributed by atoms with Gasteiger partial charge in [0.15, 0.2) is 0 Å². The molecule has 0 heterocycles. The molecule has 0 aliphatic rings. The van der Waals surface area contributed by atoms with Gasteiger partial charge >= 0.3 is 0 Å².